The first-order chi connectivity index (χ1) is 15.9. The molecule has 0 saturated heterocycles. The molecule has 2 aromatic carbocycles. The molecule has 0 unspecified atom stereocenters. The zero-order valence-electron chi connectivity index (χ0n) is 17.0. The minimum atomic E-state index is -5.08. The number of carboxylic acids is 1. The smallest absolute Gasteiger partial charge is 0.490 e. The molecule has 0 fully saturated rings. The van der Waals surface area contributed by atoms with Gasteiger partial charge in [-0.1, -0.05) is 23.7 Å². The molecule has 2 heterocycles. The average Bonchev–Trinajstić information content (AvgIpc) is 2.76. The number of carbonyl (C=O) groups is 1. The van der Waals surface area contributed by atoms with Crippen LogP contribution in [0.5, 0.6) is 5.75 Å². The van der Waals surface area contributed by atoms with Crippen molar-refractivity contribution in [3.05, 3.63) is 59.8 Å². The summed E-state index contributed by atoms with van der Waals surface area (Å²) in [5, 5.41) is 13.6. The zero-order valence-corrected chi connectivity index (χ0v) is 18.6. The summed E-state index contributed by atoms with van der Waals surface area (Å²) in [6.45, 7) is 0.0412. The lowest BCUT2D eigenvalue weighted by atomic mass is 10.3. The van der Waals surface area contributed by atoms with Crippen LogP contribution in [0.2, 0.25) is 5.02 Å². The summed E-state index contributed by atoms with van der Waals surface area (Å²) in [6, 6.07) is 13.6. The van der Waals surface area contributed by atoms with Crippen molar-refractivity contribution in [3.63, 3.8) is 0 Å². The predicted molar refractivity (Wildman–Crippen MR) is 118 cm³/mol. The lowest BCUT2D eigenvalue weighted by molar-refractivity contribution is -0.192. The number of benzene rings is 2. The highest BCUT2D eigenvalue weighted by Gasteiger charge is 2.38. The van der Waals surface area contributed by atoms with E-state index in [1.807, 2.05) is 6.07 Å². The maximum absolute atomic E-state index is 12.6. The number of anilines is 4. The molecular weight excluding hydrogens is 501 g/mol. The van der Waals surface area contributed by atoms with E-state index in [-0.39, 0.29) is 17.3 Å². The Morgan fingerprint density at radius 3 is 2.41 bits per heavy atom. The minimum absolute atomic E-state index is 0.0412. The van der Waals surface area contributed by atoms with E-state index in [0.717, 1.165) is 0 Å². The van der Waals surface area contributed by atoms with Crippen molar-refractivity contribution in [2.24, 2.45) is 0 Å². The van der Waals surface area contributed by atoms with Gasteiger partial charge in [0.15, 0.2) is 15.7 Å². The Morgan fingerprint density at radius 2 is 1.74 bits per heavy atom. The van der Waals surface area contributed by atoms with Gasteiger partial charge >= 0.3 is 12.1 Å². The first-order valence-electron chi connectivity index (χ1n) is 9.36. The minimum Gasteiger partial charge on any atom is -0.492 e. The summed E-state index contributed by atoms with van der Waals surface area (Å²) in [5.74, 6) is -1.63. The van der Waals surface area contributed by atoms with E-state index in [0.29, 0.717) is 33.9 Å². The van der Waals surface area contributed by atoms with Crippen molar-refractivity contribution in [1.29, 1.82) is 0 Å². The molecule has 0 radical (unpaired) electrons. The summed E-state index contributed by atoms with van der Waals surface area (Å²) in [5.41, 5.74) is 1.26. The molecule has 3 N–H and O–H groups in total. The van der Waals surface area contributed by atoms with Crippen LogP contribution in [0.25, 0.3) is 0 Å². The number of rotatable bonds is 0. The van der Waals surface area contributed by atoms with Gasteiger partial charge in [0.1, 0.15) is 17.4 Å². The van der Waals surface area contributed by atoms with Crippen LogP contribution >= 0.6 is 11.6 Å². The van der Waals surface area contributed by atoms with Gasteiger partial charge in [0.05, 0.1) is 16.8 Å². The number of carboxylic acid groups (broad SMARTS) is 1. The lowest BCUT2D eigenvalue weighted by Crippen LogP contribution is -2.21. The quantitative estimate of drug-likeness (QED) is 0.397. The molecule has 0 amide bonds. The Hall–Kier alpha value is -3.58. The Balaban J connectivity index is 0.000000406. The first kappa shape index (κ1) is 25.1. The molecule has 4 rings (SSSR count). The monoisotopic (exact) mass is 516 g/mol. The van der Waals surface area contributed by atoms with Crippen molar-refractivity contribution in [3.8, 4) is 5.75 Å². The standard InChI is InChI=1S/C18H15ClN4O3S.C2HF3O2/c19-16-11-20-18-22-12-3-1-5-14(9-12)26-7-8-27(24,25)15-6-2-4-13(10-15)21-17(16)23-18;3-2(4,5)1(6)7/h1-6,9-11H,7-8H2,(H2,20,21,22,23);(H,6,7). The highest BCUT2D eigenvalue weighted by atomic mass is 35.5. The van der Waals surface area contributed by atoms with Crippen LogP contribution in [-0.2, 0) is 14.6 Å². The molecule has 0 aliphatic carbocycles. The normalized spacial score (nSPS) is 14.5. The Bertz CT molecular complexity index is 1310. The third kappa shape index (κ3) is 6.71. The van der Waals surface area contributed by atoms with Gasteiger partial charge in [-0.05, 0) is 30.3 Å². The molecule has 1 aromatic heterocycles. The van der Waals surface area contributed by atoms with Crippen LogP contribution in [0, 0.1) is 0 Å². The van der Waals surface area contributed by atoms with Crippen molar-refractivity contribution >= 4 is 50.5 Å². The van der Waals surface area contributed by atoms with Crippen molar-refractivity contribution in [2.45, 2.75) is 11.1 Å². The van der Waals surface area contributed by atoms with Crippen LogP contribution in [0.1, 0.15) is 0 Å². The van der Waals surface area contributed by atoms with Crippen LogP contribution in [0.4, 0.5) is 36.3 Å². The largest absolute Gasteiger partial charge is 0.492 e. The van der Waals surface area contributed by atoms with Crippen LogP contribution in [0.3, 0.4) is 0 Å². The van der Waals surface area contributed by atoms with E-state index in [1.165, 1.54) is 6.20 Å². The molecule has 1 aliphatic heterocycles. The van der Waals surface area contributed by atoms with E-state index in [2.05, 4.69) is 20.6 Å². The van der Waals surface area contributed by atoms with Gasteiger partial charge in [0.25, 0.3) is 0 Å². The fraction of sp³-hybridized carbons (Fsp3) is 0.150. The fourth-order valence-corrected chi connectivity index (χ4v) is 3.87. The number of hydrogen-bond acceptors (Lipinski definition) is 8. The average molecular weight is 517 g/mol. The highest BCUT2D eigenvalue weighted by Crippen LogP contribution is 2.27. The zero-order chi connectivity index (χ0) is 24.9. The number of ether oxygens (including phenoxy) is 1. The second-order valence-electron chi connectivity index (χ2n) is 6.67. The number of hydrogen-bond donors (Lipinski definition) is 3. The number of aromatic nitrogens is 2. The second kappa shape index (κ2) is 10.1. The number of sulfone groups is 1. The molecule has 34 heavy (non-hydrogen) atoms. The molecule has 1 aliphatic rings. The van der Waals surface area contributed by atoms with Crippen LogP contribution in [0.15, 0.2) is 59.6 Å². The highest BCUT2D eigenvalue weighted by molar-refractivity contribution is 7.91. The summed E-state index contributed by atoms with van der Waals surface area (Å²) in [4.78, 5) is 17.6. The van der Waals surface area contributed by atoms with Crippen molar-refractivity contribution in [2.75, 3.05) is 23.0 Å². The van der Waals surface area contributed by atoms with Gasteiger partial charge in [-0.15, -0.1) is 0 Å². The van der Waals surface area contributed by atoms with Gasteiger partial charge in [0, 0.05) is 17.4 Å². The Kier molecular flexibility index (Phi) is 7.47. The van der Waals surface area contributed by atoms with E-state index < -0.39 is 22.0 Å². The molecule has 180 valence electrons. The molecule has 6 bridgehead atoms. The SMILES string of the molecule is O=C(O)C(F)(F)F.O=S1(=O)CCOc2cccc(c2)Nc2ncc(Cl)c(n2)Nc2cccc1c2. The number of nitrogens with zero attached hydrogens (tertiary/aromatic N) is 2. The summed E-state index contributed by atoms with van der Waals surface area (Å²) in [6.07, 6.45) is -3.61. The number of fused-ring (bicyclic) bond motifs is 6. The fourth-order valence-electron chi connectivity index (χ4n) is 2.60. The van der Waals surface area contributed by atoms with Gasteiger partial charge in [-0.25, -0.2) is 18.2 Å². The van der Waals surface area contributed by atoms with Crippen molar-refractivity contribution < 1.29 is 36.2 Å². The molecule has 14 heteroatoms. The van der Waals surface area contributed by atoms with Crippen LogP contribution in [-0.4, -0.2) is 48.0 Å². The van der Waals surface area contributed by atoms with E-state index in [9.17, 15) is 21.6 Å². The Labute approximate surface area is 196 Å². The summed E-state index contributed by atoms with van der Waals surface area (Å²) < 4.78 is 62.5. The van der Waals surface area contributed by atoms with E-state index >= 15 is 0 Å². The number of alkyl halides is 3. The van der Waals surface area contributed by atoms with E-state index in [4.69, 9.17) is 26.2 Å². The van der Waals surface area contributed by atoms with Gasteiger partial charge in [0.2, 0.25) is 5.95 Å². The molecule has 0 atom stereocenters. The molecule has 9 nitrogen and oxygen atoms in total. The van der Waals surface area contributed by atoms with Crippen molar-refractivity contribution in [1.82, 2.24) is 9.97 Å². The third-order valence-corrected chi connectivity index (χ3v) is 6.11. The van der Waals surface area contributed by atoms with Gasteiger partial charge < -0.3 is 20.5 Å². The van der Waals surface area contributed by atoms with Crippen LogP contribution < -0.4 is 15.4 Å². The molecule has 0 saturated carbocycles. The Morgan fingerprint density at radius 1 is 1.09 bits per heavy atom. The number of nitrogens with one attached hydrogen (secondary N) is 2. The second-order valence-corrected chi connectivity index (χ2v) is 9.18. The molecular formula is C20H16ClF3N4O5S. The molecule has 0 spiro atoms. The lowest BCUT2D eigenvalue weighted by Gasteiger charge is -2.11. The maximum atomic E-state index is 12.6. The summed E-state index contributed by atoms with van der Waals surface area (Å²) >= 11 is 6.19. The topological polar surface area (TPSA) is 131 Å². The number of aliphatic carboxylic acids is 1. The van der Waals surface area contributed by atoms with Gasteiger partial charge in [-0.3, -0.25) is 0 Å². The maximum Gasteiger partial charge on any atom is 0.490 e. The number of halogens is 4. The predicted octanol–water partition coefficient (Wildman–Crippen LogP) is 4.42. The molecule has 3 aromatic rings. The summed E-state index contributed by atoms with van der Waals surface area (Å²) in [7, 11) is -3.50. The van der Waals surface area contributed by atoms with E-state index in [1.54, 1.807) is 42.5 Å². The first-order valence-corrected chi connectivity index (χ1v) is 11.4. The van der Waals surface area contributed by atoms with Gasteiger partial charge in [-0.2, -0.15) is 18.2 Å². The third-order valence-electron chi connectivity index (χ3n) is 4.15.